The lowest BCUT2D eigenvalue weighted by Gasteiger charge is -2.30. The van der Waals surface area contributed by atoms with Crippen molar-refractivity contribution in [3.05, 3.63) is 22.4 Å². The lowest BCUT2D eigenvalue weighted by Crippen LogP contribution is -2.32. The summed E-state index contributed by atoms with van der Waals surface area (Å²) in [6.45, 7) is 6.81. The van der Waals surface area contributed by atoms with Crippen LogP contribution >= 0.6 is 11.3 Å². The Labute approximate surface area is 96.1 Å². The molecule has 2 rings (SSSR count). The molecule has 1 aromatic heterocycles. The van der Waals surface area contributed by atoms with Crippen molar-refractivity contribution in [2.45, 2.75) is 32.4 Å². The average Bonchev–Trinajstić information content (AvgIpc) is 2.77. The molecule has 0 spiro atoms. The molecule has 0 amide bonds. The van der Waals surface area contributed by atoms with Crippen molar-refractivity contribution in [3.8, 4) is 0 Å². The van der Waals surface area contributed by atoms with Gasteiger partial charge < -0.3 is 5.73 Å². The Morgan fingerprint density at radius 1 is 1.53 bits per heavy atom. The fourth-order valence-electron chi connectivity index (χ4n) is 2.46. The topological polar surface area (TPSA) is 29.3 Å². The molecule has 2 atom stereocenters. The predicted molar refractivity (Wildman–Crippen MR) is 66.1 cm³/mol. The first-order chi connectivity index (χ1) is 7.18. The summed E-state index contributed by atoms with van der Waals surface area (Å²) in [5.41, 5.74) is 5.98. The third-order valence-corrected chi connectivity index (χ3v) is 4.06. The summed E-state index contributed by atoms with van der Waals surface area (Å²) in [5.74, 6) is 0.661. The largest absolute Gasteiger partial charge is 0.326 e. The van der Waals surface area contributed by atoms with Crippen LogP contribution in [0, 0.1) is 5.92 Å². The third kappa shape index (κ3) is 2.41. The average molecular weight is 224 g/mol. The molecule has 2 unspecified atom stereocenters. The number of nitrogens with two attached hydrogens (primary N) is 1. The lowest BCUT2D eigenvalue weighted by atomic mass is 10.0. The summed E-state index contributed by atoms with van der Waals surface area (Å²) < 4.78 is 0. The smallest absolute Gasteiger partial charge is 0.0465 e. The van der Waals surface area contributed by atoms with Crippen LogP contribution in [0.3, 0.4) is 0 Å². The second-order valence-electron chi connectivity index (χ2n) is 4.75. The van der Waals surface area contributed by atoms with Crippen LogP contribution < -0.4 is 5.73 Å². The van der Waals surface area contributed by atoms with Gasteiger partial charge in [0.05, 0.1) is 0 Å². The lowest BCUT2D eigenvalue weighted by molar-refractivity contribution is 0.194. The standard InChI is InChI=1S/C12H20N2S/c1-9(2)12(11-4-3-7-15-11)14-6-5-10(13)8-14/h3-4,7,9-10,12H,5-6,8,13H2,1-2H3. The van der Waals surface area contributed by atoms with Crippen molar-refractivity contribution < 1.29 is 0 Å². The summed E-state index contributed by atoms with van der Waals surface area (Å²) in [7, 11) is 0. The zero-order valence-corrected chi connectivity index (χ0v) is 10.3. The maximum absolute atomic E-state index is 5.98. The SMILES string of the molecule is CC(C)C(c1cccs1)N1CCC(N)C1. The van der Waals surface area contributed by atoms with E-state index in [9.17, 15) is 0 Å². The Balaban J connectivity index is 2.14. The van der Waals surface area contributed by atoms with Crippen molar-refractivity contribution in [2.24, 2.45) is 11.7 Å². The first-order valence-electron chi connectivity index (χ1n) is 5.71. The highest BCUT2D eigenvalue weighted by Crippen LogP contribution is 2.33. The van der Waals surface area contributed by atoms with Gasteiger partial charge in [0.25, 0.3) is 0 Å². The zero-order chi connectivity index (χ0) is 10.8. The number of thiophene rings is 1. The molecule has 0 saturated carbocycles. The Morgan fingerprint density at radius 2 is 2.33 bits per heavy atom. The molecule has 0 bridgehead atoms. The summed E-state index contributed by atoms with van der Waals surface area (Å²) in [6.07, 6.45) is 1.15. The van der Waals surface area contributed by atoms with Crippen LogP contribution in [-0.2, 0) is 0 Å². The van der Waals surface area contributed by atoms with Gasteiger partial charge in [-0.05, 0) is 23.8 Å². The molecule has 0 radical (unpaired) electrons. The Kier molecular flexibility index (Phi) is 3.44. The molecule has 2 heterocycles. The van der Waals surface area contributed by atoms with Crippen LogP contribution in [0.5, 0.6) is 0 Å². The van der Waals surface area contributed by atoms with E-state index in [2.05, 4.69) is 36.3 Å². The van der Waals surface area contributed by atoms with Gasteiger partial charge in [-0.25, -0.2) is 0 Å². The Morgan fingerprint density at radius 3 is 2.80 bits per heavy atom. The molecule has 15 heavy (non-hydrogen) atoms. The molecule has 1 saturated heterocycles. The van der Waals surface area contributed by atoms with Gasteiger partial charge in [-0.1, -0.05) is 19.9 Å². The molecule has 2 nitrogen and oxygen atoms in total. The van der Waals surface area contributed by atoms with E-state index in [1.165, 1.54) is 4.88 Å². The minimum absolute atomic E-state index is 0.381. The molecule has 1 aliphatic heterocycles. The van der Waals surface area contributed by atoms with Gasteiger partial charge in [0.15, 0.2) is 0 Å². The van der Waals surface area contributed by atoms with Gasteiger partial charge in [-0.2, -0.15) is 0 Å². The predicted octanol–water partition coefficient (Wildman–Crippen LogP) is 2.48. The molecule has 2 N–H and O–H groups in total. The van der Waals surface area contributed by atoms with Gasteiger partial charge in [-0.3, -0.25) is 4.90 Å². The Hall–Kier alpha value is -0.380. The first-order valence-corrected chi connectivity index (χ1v) is 6.59. The van der Waals surface area contributed by atoms with Gasteiger partial charge in [0.1, 0.15) is 0 Å². The fourth-order valence-corrected chi connectivity index (χ4v) is 3.49. The third-order valence-electron chi connectivity index (χ3n) is 3.12. The number of nitrogens with zero attached hydrogens (tertiary/aromatic N) is 1. The van der Waals surface area contributed by atoms with Crippen molar-refractivity contribution >= 4 is 11.3 Å². The summed E-state index contributed by atoms with van der Waals surface area (Å²) >= 11 is 1.86. The van der Waals surface area contributed by atoms with Crippen LogP contribution in [0.15, 0.2) is 17.5 Å². The number of likely N-dealkylation sites (tertiary alicyclic amines) is 1. The number of rotatable bonds is 3. The minimum atomic E-state index is 0.381. The van der Waals surface area contributed by atoms with Crippen molar-refractivity contribution in [1.82, 2.24) is 4.90 Å². The van der Waals surface area contributed by atoms with E-state index in [1.54, 1.807) is 0 Å². The summed E-state index contributed by atoms with van der Waals surface area (Å²) in [6, 6.07) is 5.34. The van der Waals surface area contributed by atoms with Gasteiger partial charge in [0, 0.05) is 30.1 Å². The number of hydrogen-bond acceptors (Lipinski definition) is 3. The maximum atomic E-state index is 5.98. The van der Waals surface area contributed by atoms with Crippen LogP contribution in [0.4, 0.5) is 0 Å². The van der Waals surface area contributed by atoms with E-state index < -0.39 is 0 Å². The second-order valence-corrected chi connectivity index (χ2v) is 5.73. The second kappa shape index (κ2) is 4.64. The monoisotopic (exact) mass is 224 g/mol. The van der Waals surface area contributed by atoms with Gasteiger partial charge in [0.2, 0.25) is 0 Å². The highest BCUT2D eigenvalue weighted by Gasteiger charge is 2.29. The highest BCUT2D eigenvalue weighted by molar-refractivity contribution is 7.10. The molecule has 0 aliphatic carbocycles. The molecule has 0 aromatic carbocycles. The van der Waals surface area contributed by atoms with E-state index in [0.29, 0.717) is 18.0 Å². The molecule has 1 fully saturated rings. The molecular weight excluding hydrogens is 204 g/mol. The first kappa shape index (κ1) is 11.1. The van der Waals surface area contributed by atoms with Crippen molar-refractivity contribution in [1.29, 1.82) is 0 Å². The quantitative estimate of drug-likeness (QED) is 0.854. The van der Waals surface area contributed by atoms with E-state index in [4.69, 9.17) is 5.73 Å². The molecular formula is C12H20N2S. The molecule has 3 heteroatoms. The van der Waals surface area contributed by atoms with E-state index >= 15 is 0 Å². The zero-order valence-electron chi connectivity index (χ0n) is 9.52. The van der Waals surface area contributed by atoms with Crippen LogP contribution in [0.25, 0.3) is 0 Å². The van der Waals surface area contributed by atoms with Gasteiger partial charge in [-0.15, -0.1) is 11.3 Å². The summed E-state index contributed by atoms with van der Waals surface area (Å²) in [5, 5.41) is 2.17. The molecule has 84 valence electrons. The van der Waals surface area contributed by atoms with Crippen molar-refractivity contribution in [3.63, 3.8) is 0 Å². The fraction of sp³-hybridized carbons (Fsp3) is 0.667. The Bertz CT molecular complexity index is 295. The normalized spacial score (nSPS) is 24.9. The highest BCUT2D eigenvalue weighted by atomic mass is 32.1. The minimum Gasteiger partial charge on any atom is -0.326 e. The van der Waals surface area contributed by atoms with Crippen LogP contribution in [-0.4, -0.2) is 24.0 Å². The molecule has 1 aromatic rings. The van der Waals surface area contributed by atoms with Crippen LogP contribution in [0.2, 0.25) is 0 Å². The number of hydrogen-bond donors (Lipinski definition) is 1. The summed E-state index contributed by atoms with van der Waals surface area (Å²) in [4.78, 5) is 4.03. The van der Waals surface area contributed by atoms with Crippen molar-refractivity contribution in [2.75, 3.05) is 13.1 Å². The van der Waals surface area contributed by atoms with E-state index in [1.807, 2.05) is 11.3 Å². The van der Waals surface area contributed by atoms with Crippen LogP contribution in [0.1, 0.15) is 31.2 Å². The van der Waals surface area contributed by atoms with E-state index in [0.717, 1.165) is 19.5 Å². The maximum Gasteiger partial charge on any atom is 0.0465 e. The molecule has 1 aliphatic rings. The van der Waals surface area contributed by atoms with E-state index in [-0.39, 0.29) is 0 Å². The van der Waals surface area contributed by atoms with Gasteiger partial charge >= 0.3 is 0 Å².